The third-order valence-corrected chi connectivity index (χ3v) is 5.63. The first-order valence-corrected chi connectivity index (χ1v) is 8.24. The Labute approximate surface area is 124 Å². The van der Waals surface area contributed by atoms with Crippen molar-refractivity contribution < 1.29 is 9.53 Å². The maximum absolute atomic E-state index is 12.3. The second-order valence-electron chi connectivity index (χ2n) is 5.95. The molecule has 1 amide bonds. The summed E-state index contributed by atoms with van der Waals surface area (Å²) < 4.78 is 5.94. The van der Waals surface area contributed by atoms with E-state index in [9.17, 15) is 4.79 Å². The van der Waals surface area contributed by atoms with E-state index in [1.165, 1.54) is 4.88 Å². The molecule has 20 heavy (non-hydrogen) atoms. The molecule has 0 unspecified atom stereocenters. The Morgan fingerprint density at radius 2 is 2.20 bits per heavy atom. The van der Waals surface area contributed by atoms with Crippen LogP contribution in [0, 0.1) is 13.8 Å². The van der Waals surface area contributed by atoms with Crippen LogP contribution < -0.4 is 0 Å². The summed E-state index contributed by atoms with van der Waals surface area (Å²) in [6.07, 6.45) is 4.73. The number of likely N-dealkylation sites (tertiary alicyclic amines) is 1. The van der Waals surface area contributed by atoms with Crippen molar-refractivity contribution >= 4 is 17.2 Å². The first-order valence-electron chi connectivity index (χ1n) is 7.43. The van der Waals surface area contributed by atoms with E-state index in [0.717, 1.165) is 49.5 Å². The maximum atomic E-state index is 12.3. The van der Waals surface area contributed by atoms with Crippen LogP contribution in [0.5, 0.6) is 0 Å². The Bertz CT molecular complexity index is 486. The minimum absolute atomic E-state index is 0.0148. The van der Waals surface area contributed by atoms with E-state index >= 15 is 0 Å². The second kappa shape index (κ2) is 5.45. The van der Waals surface area contributed by atoms with Gasteiger partial charge in [0.25, 0.3) is 0 Å². The first-order chi connectivity index (χ1) is 9.58. The van der Waals surface area contributed by atoms with E-state index < -0.39 is 0 Å². The van der Waals surface area contributed by atoms with E-state index in [-0.39, 0.29) is 11.5 Å². The molecule has 3 heterocycles. The normalized spacial score (nSPS) is 27.3. The molecule has 3 rings (SSSR count). The third-order valence-electron chi connectivity index (χ3n) is 4.57. The number of rotatable bonds is 2. The van der Waals surface area contributed by atoms with E-state index in [1.807, 2.05) is 11.8 Å². The van der Waals surface area contributed by atoms with Crippen molar-refractivity contribution in [1.29, 1.82) is 0 Å². The quantitative estimate of drug-likeness (QED) is 0.842. The molecule has 110 valence electrons. The van der Waals surface area contributed by atoms with Crippen LogP contribution in [0.25, 0.3) is 0 Å². The Kier molecular flexibility index (Phi) is 3.82. The van der Waals surface area contributed by atoms with Crippen molar-refractivity contribution in [3.8, 4) is 0 Å². The minimum Gasteiger partial charge on any atom is -0.375 e. The third kappa shape index (κ3) is 2.74. The molecule has 1 aromatic heterocycles. The van der Waals surface area contributed by atoms with Gasteiger partial charge in [-0.15, -0.1) is 11.3 Å². The number of nitrogens with zero attached hydrogens (tertiary/aromatic N) is 2. The van der Waals surface area contributed by atoms with E-state index in [4.69, 9.17) is 4.74 Å². The van der Waals surface area contributed by atoms with Crippen LogP contribution >= 0.6 is 11.3 Å². The predicted molar refractivity (Wildman–Crippen MR) is 78.8 cm³/mol. The number of hydrogen-bond acceptors (Lipinski definition) is 4. The number of aromatic nitrogens is 1. The van der Waals surface area contributed by atoms with Crippen LogP contribution in [0.4, 0.5) is 0 Å². The van der Waals surface area contributed by atoms with Gasteiger partial charge in [-0.3, -0.25) is 4.79 Å². The molecule has 0 saturated carbocycles. The Balaban J connectivity index is 1.68. The van der Waals surface area contributed by atoms with Gasteiger partial charge >= 0.3 is 0 Å². The molecule has 5 heteroatoms. The van der Waals surface area contributed by atoms with Crippen molar-refractivity contribution in [2.75, 3.05) is 13.2 Å². The van der Waals surface area contributed by atoms with Gasteiger partial charge in [0, 0.05) is 24.4 Å². The van der Waals surface area contributed by atoms with Gasteiger partial charge in [-0.25, -0.2) is 4.98 Å². The SMILES string of the molecule is Cc1nc(CN2CC[C@]3(CCCO3)CCC2=O)sc1C. The smallest absolute Gasteiger partial charge is 0.223 e. The van der Waals surface area contributed by atoms with Gasteiger partial charge in [-0.05, 0) is 39.5 Å². The number of aryl methyl sites for hydroxylation is 2. The van der Waals surface area contributed by atoms with Gasteiger partial charge in [-0.2, -0.15) is 0 Å². The van der Waals surface area contributed by atoms with Crippen molar-refractivity contribution in [1.82, 2.24) is 9.88 Å². The Morgan fingerprint density at radius 3 is 2.85 bits per heavy atom. The number of hydrogen-bond donors (Lipinski definition) is 0. The Morgan fingerprint density at radius 1 is 1.35 bits per heavy atom. The molecule has 0 radical (unpaired) electrons. The lowest BCUT2D eigenvalue weighted by molar-refractivity contribution is -0.131. The summed E-state index contributed by atoms with van der Waals surface area (Å²) in [5, 5.41) is 1.05. The average Bonchev–Trinajstić information content (AvgIpc) is 2.96. The molecule has 0 bridgehead atoms. The highest BCUT2D eigenvalue weighted by molar-refractivity contribution is 7.11. The van der Waals surface area contributed by atoms with E-state index in [0.29, 0.717) is 13.0 Å². The molecule has 1 atom stereocenters. The lowest BCUT2D eigenvalue weighted by Crippen LogP contribution is -2.32. The summed E-state index contributed by atoms with van der Waals surface area (Å²) in [4.78, 5) is 20.1. The van der Waals surface area contributed by atoms with Gasteiger partial charge in [0.2, 0.25) is 5.91 Å². The van der Waals surface area contributed by atoms with Crippen LogP contribution in [0.2, 0.25) is 0 Å². The summed E-state index contributed by atoms with van der Waals surface area (Å²) in [7, 11) is 0. The summed E-state index contributed by atoms with van der Waals surface area (Å²) in [5.41, 5.74) is 1.07. The zero-order valence-electron chi connectivity index (χ0n) is 12.3. The highest BCUT2D eigenvalue weighted by atomic mass is 32.1. The zero-order valence-corrected chi connectivity index (χ0v) is 13.1. The van der Waals surface area contributed by atoms with Crippen molar-refractivity contribution in [2.45, 2.75) is 58.1 Å². The highest BCUT2D eigenvalue weighted by Gasteiger charge is 2.38. The van der Waals surface area contributed by atoms with Crippen LogP contribution in [0.1, 0.15) is 47.7 Å². The molecule has 2 fully saturated rings. The lowest BCUT2D eigenvalue weighted by Gasteiger charge is -2.26. The number of amides is 1. The minimum atomic E-state index is -0.0148. The van der Waals surface area contributed by atoms with Crippen LogP contribution in [0.3, 0.4) is 0 Å². The number of carbonyl (C=O) groups is 1. The molecule has 2 saturated heterocycles. The van der Waals surface area contributed by atoms with Gasteiger partial charge in [0.15, 0.2) is 0 Å². The molecule has 0 aliphatic carbocycles. The summed E-state index contributed by atoms with van der Waals surface area (Å²) >= 11 is 1.70. The summed E-state index contributed by atoms with van der Waals surface area (Å²) in [5.74, 6) is 0.253. The van der Waals surface area contributed by atoms with Crippen molar-refractivity contribution in [2.24, 2.45) is 0 Å². The van der Waals surface area contributed by atoms with Gasteiger partial charge in [0.1, 0.15) is 5.01 Å². The van der Waals surface area contributed by atoms with Crippen LogP contribution in [-0.2, 0) is 16.1 Å². The Hall–Kier alpha value is -0.940. The predicted octanol–water partition coefficient (Wildman–Crippen LogP) is 2.82. The fourth-order valence-corrected chi connectivity index (χ4v) is 4.12. The molecule has 1 aromatic rings. The molecular weight excluding hydrogens is 272 g/mol. The molecule has 1 spiro atoms. The molecule has 0 N–H and O–H groups in total. The number of ether oxygens (including phenoxy) is 1. The van der Waals surface area contributed by atoms with Gasteiger partial charge in [0.05, 0.1) is 17.8 Å². The number of carbonyl (C=O) groups excluding carboxylic acids is 1. The van der Waals surface area contributed by atoms with Gasteiger partial charge < -0.3 is 9.64 Å². The molecule has 2 aliphatic heterocycles. The van der Waals surface area contributed by atoms with Crippen LogP contribution in [-0.4, -0.2) is 34.5 Å². The van der Waals surface area contributed by atoms with E-state index in [2.05, 4.69) is 11.9 Å². The lowest BCUT2D eigenvalue weighted by atomic mass is 9.92. The van der Waals surface area contributed by atoms with Crippen molar-refractivity contribution in [3.05, 3.63) is 15.6 Å². The molecule has 4 nitrogen and oxygen atoms in total. The van der Waals surface area contributed by atoms with E-state index in [1.54, 1.807) is 11.3 Å². The zero-order chi connectivity index (χ0) is 14.2. The summed E-state index contributed by atoms with van der Waals surface area (Å²) in [6, 6.07) is 0. The number of thiazole rings is 1. The average molecular weight is 294 g/mol. The van der Waals surface area contributed by atoms with Crippen molar-refractivity contribution in [3.63, 3.8) is 0 Å². The highest BCUT2D eigenvalue weighted by Crippen LogP contribution is 2.36. The summed E-state index contributed by atoms with van der Waals surface area (Å²) in [6.45, 7) is 6.44. The topological polar surface area (TPSA) is 42.4 Å². The molecular formula is C15H22N2O2S. The fourth-order valence-electron chi connectivity index (χ4n) is 3.17. The maximum Gasteiger partial charge on any atom is 0.223 e. The first kappa shape index (κ1) is 14.0. The standard InChI is InChI=1S/C15H22N2O2S/c1-11-12(2)20-13(16-11)10-17-8-7-15(5-3-9-19-15)6-4-14(17)18/h3-10H2,1-2H3/t15-/m0/s1. The molecule has 2 aliphatic rings. The second-order valence-corrected chi connectivity index (χ2v) is 7.24. The monoisotopic (exact) mass is 294 g/mol. The van der Waals surface area contributed by atoms with Gasteiger partial charge in [-0.1, -0.05) is 0 Å². The van der Waals surface area contributed by atoms with Crippen LogP contribution in [0.15, 0.2) is 0 Å². The fraction of sp³-hybridized carbons (Fsp3) is 0.733. The largest absolute Gasteiger partial charge is 0.375 e. The molecule has 0 aromatic carbocycles.